The average molecular weight is 234 g/mol. The number of pyridine rings is 1. The van der Waals surface area contributed by atoms with Crippen molar-refractivity contribution in [2.75, 3.05) is 13.2 Å². The van der Waals surface area contributed by atoms with Crippen molar-refractivity contribution in [1.29, 1.82) is 0 Å². The van der Waals surface area contributed by atoms with Gasteiger partial charge < -0.3 is 10.1 Å². The van der Waals surface area contributed by atoms with Crippen LogP contribution in [0, 0.1) is 6.92 Å². The molecule has 0 aliphatic heterocycles. The maximum atomic E-state index is 5.70. The number of nitrogens with one attached hydrogen (secondary N) is 1. The highest BCUT2D eigenvalue weighted by atomic mass is 16.5. The molecule has 1 aromatic rings. The lowest BCUT2D eigenvalue weighted by atomic mass is 10.2. The number of aromatic nitrogens is 1. The molecule has 17 heavy (non-hydrogen) atoms. The summed E-state index contributed by atoms with van der Waals surface area (Å²) >= 11 is 0. The Morgan fingerprint density at radius 2 is 2.24 bits per heavy atom. The maximum Gasteiger partial charge on any atom is 0.140 e. The van der Waals surface area contributed by atoms with Gasteiger partial charge in [-0.2, -0.15) is 0 Å². The van der Waals surface area contributed by atoms with E-state index in [0.29, 0.717) is 0 Å². The highest BCUT2D eigenvalue weighted by molar-refractivity contribution is 5.25. The Morgan fingerprint density at radius 1 is 1.41 bits per heavy atom. The molecule has 3 nitrogen and oxygen atoms in total. The van der Waals surface area contributed by atoms with Crippen LogP contribution in [0.25, 0.3) is 0 Å². The van der Waals surface area contributed by atoms with Crippen LogP contribution in [-0.2, 0) is 0 Å². The van der Waals surface area contributed by atoms with Crippen LogP contribution in [0.3, 0.4) is 0 Å². The third kappa shape index (κ3) is 4.00. The fourth-order valence-corrected chi connectivity index (χ4v) is 2.31. The Bertz CT molecular complexity index is 335. The largest absolute Gasteiger partial charge is 0.492 e. The first-order chi connectivity index (χ1) is 8.36. The number of nitrogens with zero attached hydrogens (tertiary/aromatic N) is 1. The summed E-state index contributed by atoms with van der Waals surface area (Å²) in [6, 6.07) is 4.65. The van der Waals surface area contributed by atoms with Gasteiger partial charge in [0, 0.05) is 12.2 Å². The van der Waals surface area contributed by atoms with E-state index >= 15 is 0 Å². The van der Waals surface area contributed by atoms with Crippen molar-refractivity contribution in [3.05, 3.63) is 24.0 Å². The fraction of sp³-hybridized carbons (Fsp3) is 0.643. The van der Waals surface area contributed by atoms with Gasteiger partial charge >= 0.3 is 0 Å². The molecule has 0 atom stereocenters. The van der Waals surface area contributed by atoms with Crippen LogP contribution in [-0.4, -0.2) is 24.2 Å². The van der Waals surface area contributed by atoms with Gasteiger partial charge in [-0.1, -0.05) is 12.8 Å². The van der Waals surface area contributed by atoms with E-state index < -0.39 is 0 Å². The van der Waals surface area contributed by atoms with Crippen LogP contribution < -0.4 is 10.1 Å². The minimum Gasteiger partial charge on any atom is -0.492 e. The van der Waals surface area contributed by atoms with Crippen LogP contribution in [0.1, 0.15) is 37.8 Å². The molecule has 0 saturated heterocycles. The molecule has 1 heterocycles. The summed E-state index contributed by atoms with van der Waals surface area (Å²) in [6.45, 7) is 3.81. The summed E-state index contributed by atoms with van der Waals surface area (Å²) in [5.74, 6) is 0.911. The Labute approximate surface area is 104 Å². The van der Waals surface area contributed by atoms with Crippen molar-refractivity contribution >= 4 is 0 Å². The molecular weight excluding hydrogens is 212 g/mol. The van der Waals surface area contributed by atoms with Gasteiger partial charge in [-0.15, -0.1) is 0 Å². The van der Waals surface area contributed by atoms with Crippen LogP contribution in [0.2, 0.25) is 0 Å². The summed E-state index contributed by atoms with van der Waals surface area (Å²) in [4.78, 5) is 4.20. The zero-order valence-electron chi connectivity index (χ0n) is 10.6. The highest BCUT2D eigenvalue weighted by Crippen LogP contribution is 2.17. The lowest BCUT2D eigenvalue weighted by Gasteiger charge is -2.12. The molecule has 0 radical (unpaired) electrons. The lowest BCUT2D eigenvalue weighted by molar-refractivity contribution is 0.301. The van der Waals surface area contributed by atoms with Crippen molar-refractivity contribution < 1.29 is 4.74 Å². The first-order valence-corrected chi connectivity index (χ1v) is 6.64. The zero-order valence-corrected chi connectivity index (χ0v) is 10.6. The molecule has 3 heteroatoms. The Morgan fingerprint density at radius 3 is 3.00 bits per heavy atom. The first-order valence-electron chi connectivity index (χ1n) is 6.64. The minimum atomic E-state index is 0.759. The van der Waals surface area contributed by atoms with Crippen molar-refractivity contribution in [1.82, 2.24) is 10.3 Å². The minimum absolute atomic E-state index is 0.759. The van der Waals surface area contributed by atoms with E-state index in [-0.39, 0.29) is 0 Å². The molecule has 1 fully saturated rings. The van der Waals surface area contributed by atoms with Gasteiger partial charge in [-0.3, -0.25) is 4.98 Å². The van der Waals surface area contributed by atoms with Crippen LogP contribution in [0.5, 0.6) is 5.75 Å². The molecular formula is C14H22N2O. The zero-order chi connectivity index (χ0) is 11.9. The normalized spacial score (nSPS) is 16.3. The molecule has 0 spiro atoms. The molecule has 0 bridgehead atoms. The van der Waals surface area contributed by atoms with Gasteiger partial charge in [0.1, 0.15) is 5.75 Å². The number of hydrogen-bond acceptors (Lipinski definition) is 3. The predicted molar refractivity (Wildman–Crippen MR) is 69.3 cm³/mol. The van der Waals surface area contributed by atoms with Gasteiger partial charge in [-0.25, -0.2) is 0 Å². The van der Waals surface area contributed by atoms with Gasteiger partial charge in [0.15, 0.2) is 0 Å². The highest BCUT2D eigenvalue weighted by Gasteiger charge is 2.13. The number of ether oxygens (including phenoxy) is 1. The second-order valence-electron chi connectivity index (χ2n) is 4.72. The summed E-state index contributed by atoms with van der Waals surface area (Å²) in [5, 5.41) is 3.59. The average Bonchev–Trinajstić information content (AvgIpc) is 2.84. The SMILES string of the molecule is Cc1ncccc1OCCCNC1CCCC1. The van der Waals surface area contributed by atoms with Crippen molar-refractivity contribution in [3.8, 4) is 5.75 Å². The summed E-state index contributed by atoms with van der Waals surface area (Å²) in [6.07, 6.45) is 8.34. The van der Waals surface area contributed by atoms with Gasteiger partial charge in [-0.05, 0) is 44.9 Å². The molecule has 0 amide bonds. The molecule has 2 rings (SSSR count). The Hall–Kier alpha value is -1.09. The Balaban J connectivity index is 1.58. The van der Waals surface area contributed by atoms with E-state index in [1.54, 1.807) is 6.20 Å². The van der Waals surface area contributed by atoms with Crippen LogP contribution in [0.15, 0.2) is 18.3 Å². The molecule has 94 valence electrons. The van der Waals surface area contributed by atoms with Gasteiger partial charge in [0.05, 0.1) is 12.3 Å². The van der Waals surface area contributed by atoms with Crippen molar-refractivity contribution in [2.24, 2.45) is 0 Å². The molecule has 1 N–H and O–H groups in total. The molecule has 1 aliphatic carbocycles. The van der Waals surface area contributed by atoms with E-state index in [0.717, 1.165) is 37.1 Å². The summed E-state index contributed by atoms with van der Waals surface area (Å²) in [7, 11) is 0. The molecule has 0 aromatic carbocycles. The van der Waals surface area contributed by atoms with Gasteiger partial charge in [0.25, 0.3) is 0 Å². The van der Waals surface area contributed by atoms with E-state index in [1.165, 1.54) is 25.7 Å². The smallest absolute Gasteiger partial charge is 0.140 e. The van der Waals surface area contributed by atoms with Crippen molar-refractivity contribution in [3.63, 3.8) is 0 Å². The third-order valence-corrected chi connectivity index (χ3v) is 3.33. The van der Waals surface area contributed by atoms with E-state index in [1.807, 2.05) is 19.1 Å². The van der Waals surface area contributed by atoms with Gasteiger partial charge in [0.2, 0.25) is 0 Å². The third-order valence-electron chi connectivity index (χ3n) is 3.33. The summed E-state index contributed by atoms with van der Waals surface area (Å²) < 4.78 is 5.70. The molecule has 1 aromatic heterocycles. The van der Waals surface area contributed by atoms with Crippen LogP contribution >= 0.6 is 0 Å². The molecule has 1 aliphatic rings. The topological polar surface area (TPSA) is 34.1 Å². The quantitative estimate of drug-likeness (QED) is 0.768. The number of hydrogen-bond donors (Lipinski definition) is 1. The first kappa shape index (κ1) is 12.4. The standard InChI is InChI=1S/C14H22N2O/c1-12-14(8-4-9-15-12)17-11-5-10-16-13-6-2-3-7-13/h4,8-9,13,16H,2-3,5-7,10-11H2,1H3. The predicted octanol–water partition coefficient (Wildman–Crippen LogP) is 2.69. The van der Waals surface area contributed by atoms with Crippen molar-refractivity contribution in [2.45, 2.75) is 45.1 Å². The van der Waals surface area contributed by atoms with E-state index in [2.05, 4.69) is 10.3 Å². The second kappa shape index (κ2) is 6.60. The molecule has 1 saturated carbocycles. The Kier molecular flexibility index (Phi) is 4.80. The maximum absolute atomic E-state index is 5.70. The second-order valence-corrected chi connectivity index (χ2v) is 4.72. The van der Waals surface area contributed by atoms with E-state index in [4.69, 9.17) is 4.74 Å². The monoisotopic (exact) mass is 234 g/mol. The lowest BCUT2D eigenvalue weighted by Crippen LogP contribution is -2.27. The number of rotatable bonds is 6. The summed E-state index contributed by atoms with van der Waals surface area (Å²) in [5.41, 5.74) is 0.969. The number of aryl methyl sites for hydroxylation is 1. The van der Waals surface area contributed by atoms with E-state index in [9.17, 15) is 0 Å². The van der Waals surface area contributed by atoms with Crippen LogP contribution in [0.4, 0.5) is 0 Å². The molecule has 0 unspecified atom stereocenters. The fourth-order valence-electron chi connectivity index (χ4n) is 2.31.